The number of carboxylic acid groups (broad SMARTS) is 1. The molecule has 0 bridgehead atoms. The van der Waals surface area contributed by atoms with Crippen molar-refractivity contribution in [1.29, 1.82) is 0 Å². The summed E-state index contributed by atoms with van der Waals surface area (Å²) in [6.07, 6.45) is 0.803. The summed E-state index contributed by atoms with van der Waals surface area (Å²) in [7, 11) is 1.61. The lowest BCUT2D eigenvalue weighted by Gasteiger charge is -2.25. The molecule has 0 rings (SSSR count). The fourth-order valence-electron chi connectivity index (χ4n) is 1.11. The number of aliphatic carboxylic acids is 1. The standard InChI is InChI=1S/C10H20N2O4/c1-4-7(2)12(3)10(16)11-8(5-6-13)9(14)15/h7-8,13H,4-6H2,1-3H3,(H,11,16)(H,14,15)/t7?,8-/m0/s1. The molecule has 94 valence electrons. The number of urea groups is 1. The van der Waals surface area contributed by atoms with E-state index in [9.17, 15) is 9.59 Å². The summed E-state index contributed by atoms with van der Waals surface area (Å²) >= 11 is 0. The van der Waals surface area contributed by atoms with Crippen molar-refractivity contribution in [2.75, 3.05) is 13.7 Å². The molecule has 0 radical (unpaired) electrons. The Morgan fingerprint density at radius 2 is 2.00 bits per heavy atom. The Hall–Kier alpha value is -1.30. The molecule has 6 heteroatoms. The van der Waals surface area contributed by atoms with Crippen molar-refractivity contribution < 1.29 is 19.8 Å². The summed E-state index contributed by atoms with van der Waals surface area (Å²) in [5, 5.41) is 19.8. The molecule has 0 aromatic rings. The fraction of sp³-hybridized carbons (Fsp3) is 0.800. The quantitative estimate of drug-likeness (QED) is 0.613. The summed E-state index contributed by atoms with van der Waals surface area (Å²) in [5.41, 5.74) is 0. The van der Waals surface area contributed by atoms with Crippen molar-refractivity contribution in [3.05, 3.63) is 0 Å². The summed E-state index contributed by atoms with van der Waals surface area (Å²) in [5.74, 6) is -1.14. The maximum Gasteiger partial charge on any atom is 0.326 e. The number of hydrogen-bond donors (Lipinski definition) is 3. The van der Waals surface area contributed by atoms with E-state index in [0.717, 1.165) is 6.42 Å². The maximum atomic E-state index is 11.6. The molecule has 0 aliphatic carbocycles. The number of aliphatic hydroxyl groups is 1. The molecule has 0 aliphatic rings. The predicted molar refractivity (Wildman–Crippen MR) is 59.2 cm³/mol. The van der Waals surface area contributed by atoms with Crippen LogP contribution in [-0.4, -0.2) is 52.9 Å². The lowest BCUT2D eigenvalue weighted by Crippen LogP contribution is -2.49. The molecule has 2 atom stereocenters. The first-order chi connectivity index (χ1) is 7.43. The molecule has 0 aromatic carbocycles. The maximum absolute atomic E-state index is 11.6. The van der Waals surface area contributed by atoms with Crippen molar-refractivity contribution in [2.45, 2.75) is 38.8 Å². The minimum Gasteiger partial charge on any atom is -0.480 e. The van der Waals surface area contributed by atoms with Crippen LogP contribution in [0.1, 0.15) is 26.7 Å². The molecule has 2 amide bonds. The number of hydrogen-bond acceptors (Lipinski definition) is 3. The predicted octanol–water partition coefficient (Wildman–Crippen LogP) is 0.262. The molecule has 1 unspecified atom stereocenters. The van der Waals surface area contributed by atoms with E-state index in [4.69, 9.17) is 10.2 Å². The Kier molecular flexibility index (Phi) is 6.48. The van der Waals surface area contributed by atoms with Crippen LogP contribution in [0.5, 0.6) is 0 Å². The smallest absolute Gasteiger partial charge is 0.326 e. The monoisotopic (exact) mass is 232 g/mol. The summed E-state index contributed by atoms with van der Waals surface area (Å²) < 4.78 is 0. The Bertz CT molecular complexity index is 245. The molecule has 0 fully saturated rings. The van der Waals surface area contributed by atoms with Gasteiger partial charge in [-0.15, -0.1) is 0 Å². The van der Waals surface area contributed by atoms with Gasteiger partial charge in [0, 0.05) is 26.1 Å². The van der Waals surface area contributed by atoms with Crippen molar-refractivity contribution in [3.8, 4) is 0 Å². The zero-order valence-electron chi connectivity index (χ0n) is 9.93. The highest BCUT2D eigenvalue weighted by Gasteiger charge is 2.22. The number of nitrogens with one attached hydrogen (secondary N) is 1. The van der Waals surface area contributed by atoms with E-state index < -0.39 is 18.0 Å². The lowest BCUT2D eigenvalue weighted by atomic mass is 10.2. The number of carboxylic acids is 1. The van der Waals surface area contributed by atoms with Crippen LogP contribution >= 0.6 is 0 Å². The number of amides is 2. The first-order valence-corrected chi connectivity index (χ1v) is 5.31. The Morgan fingerprint density at radius 1 is 1.44 bits per heavy atom. The van der Waals surface area contributed by atoms with Gasteiger partial charge in [0.15, 0.2) is 0 Å². The second-order valence-corrected chi connectivity index (χ2v) is 3.72. The van der Waals surface area contributed by atoms with Crippen LogP contribution in [0, 0.1) is 0 Å². The van der Waals surface area contributed by atoms with E-state index in [2.05, 4.69) is 5.32 Å². The van der Waals surface area contributed by atoms with Crippen LogP contribution in [0.3, 0.4) is 0 Å². The minimum atomic E-state index is -1.14. The van der Waals surface area contributed by atoms with Crippen molar-refractivity contribution >= 4 is 12.0 Å². The van der Waals surface area contributed by atoms with Gasteiger partial charge in [-0.3, -0.25) is 0 Å². The molecular weight excluding hydrogens is 212 g/mol. The van der Waals surface area contributed by atoms with E-state index in [-0.39, 0.29) is 19.1 Å². The van der Waals surface area contributed by atoms with E-state index in [1.807, 2.05) is 13.8 Å². The molecule has 6 nitrogen and oxygen atoms in total. The van der Waals surface area contributed by atoms with Gasteiger partial charge < -0.3 is 20.4 Å². The molecule has 0 saturated heterocycles. The molecule has 0 aromatic heterocycles. The average Bonchev–Trinajstić information content (AvgIpc) is 2.25. The Labute approximate surface area is 95.2 Å². The van der Waals surface area contributed by atoms with E-state index >= 15 is 0 Å². The van der Waals surface area contributed by atoms with Gasteiger partial charge >= 0.3 is 12.0 Å². The second-order valence-electron chi connectivity index (χ2n) is 3.72. The van der Waals surface area contributed by atoms with E-state index in [1.54, 1.807) is 7.05 Å². The molecular formula is C10H20N2O4. The molecule has 3 N–H and O–H groups in total. The largest absolute Gasteiger partial charge is 0.480 e. The molecule has 0 aliphatic heterocycles. The Balaban J connectivity index is 4.34. The third-order valence-corrected chi connectivity index (χ3v) is 2.59. The normalized spacial score (nSPS) is 14.0. The minimum absolute atomic E-state index is 0.00934. The fourth-order valence-corrected chi connectivity index (χ4v) is 1.11. The molecule has 0 saturated carbocycles. The first-order valence-electron chi connectivity index (χ1n) is 5.31. The lowest BCUT2D eigenvalue weighted by molar-refractivity contribution is -0.139. The van der Waals surface area contributed by atoms with Gasteiger partial charge in [0.05, 0.1) is 0 Å². The second kappa shape index (κ2) is 7.05. The highest BCUT2D eigenvalue weighted by molar-refractivity contribution is 5.82. The average molecular weight is 232 g/mol. The zero-order valence-corrected chi connectivity index (χ0v) is 9.93. The van der Waals surface area contributed by atoms with Gasteiger partial charge in [-0.2, -0.15) is 0 Å². The number of nitrogens with zero attached hydrogens (tertiary/aromatic N) is 1. The van der Waals surface area contributed by atoms with Crippen LogP contribution in [0.25, 0.3) is 0 Å². The molecule has 0 spiro atoms. The van der Waals surface area contributed by atoms with Gasteiger partial charge in [0.2, 0.25) is 0 Å². The van der Waals surface area contributed by atoms with Gasteiger partial charge in [-0.05, 0) is 13.3 Å². The number of rotatable bonds is 6. The number of carbonyl (C=O) groups is 2. The van der Waals surface area contributed by atoms with Gasteiger partial charge in [0.25, 0.3) is 0 Å². The Morgan fingerprint density at radius 3 is 2.38 bits per heavy atom. The van der Waals surface area contributed by atoms with Gasteiger partial charge in [0.1, 0.15) is 6.04 Å². The topological polar surface area (TPSA) is 89.9 Å². The highest BCUT2D eigenvalue weighted by atomic mass is 16.4. The summed E-state index contributed by atoms with van der Waals surface area (Å²) in [6, 6.07) is -1.43. The van der Waals surface area contributed by atoms with Crippen LogP contribution in [0.2, 0.25) is 0 Å². The first kappa shape index (κ1) is 14.7. The van der Waals surface area contributed by atoms with Gasteiger partial charge in [-0.1, -0.05) is 6.92 Å². The summed E-state index contributed by atoms with van der Waals surface area (Å²) in [4.78, 5) is 23.8. The van der Waals surface area contributed by atoms with Crippen molar-refractivity contribution in [3.63, 3.8) is 0 Å². The van der Waals surface area contributed by atoms with Crippen molar-refractivity contribution in [2.24, 2.45) is 0 Å². The zero-order chi connectivity index (χ0) is 12.7. The van der Waals surface area contributed by atoms with Crippen LogP contribution < -0.4 is 5.32 Å². The SMILES string of the molecule is CCC(C)N(C)C(=O)N[C@@H](CCO)C(=O)O. The molecule has 16 heavy (non-hydrogen) atoms. The summed E-state index contributed by atoms with van der Waals surface area (Å²) in [6.45, 7) is 3.54. The number of aliphatic hydroxyl groups excluding tert-OH is 1. The van der Waals surface area contributed by atoms with Crippen LogP contribution in [-0.2, 0) is 4.79 Å². The third-order valence-electron chi connectivity index (χ3n) is 2.59. The van der Waals surface area contributed by atoms with E-state index in [1.165, 1.54) is 4.90 Å². The number of carbonyl (C=O) groups excluding carboxylic acids is 1. The van der Waals surface area contributed by atoms with E-state index in [0.29, 0.717) is 0 Å². The van der Waals surface area contributed by atoms with Gasteiger partial charge in [-0.25, -0.2) is 9.59 Å². The van der Waals surface area contributed by atoms with Crippen molar-refractivity contribution in [1.82, 2.24) is 10.2 Å². The van der Waals surface area contributed by atoms with Crippen LogP contribution in [0.4, 0.5) is 4.79 Å². The highest BCUT2D eigenvalue weighted by Crippen LogP contribution is 2.01. The van der Waals surface area contributed by atoms with Crippen LogP contribution in [0.15, 0.2) is 0 Å². The third kappa shape index (κ3) is 4.48. The molecule has 0 heterocycles.